The van der Waals surface area contributed by atoms with Gasteiger partial charge in [0, 0.05) is 29.2 Å². The van der Waals surface area contributed by atoms with Gasteiger partial charge in [-0.1, -0.05) is 30.3 Å². The minimum absolute atomic E-state index is 0.0454. The van der Waals surface area contributed by atoms with Crippen molar-refractivity contribution in [1.82, 2.24) is 9.88 Å². The van der Waals surface area contributed by atoms with Crippen LogP contribution < -0.4 is 10.2 Å². The molecule has 3 aromatic rings. The number of nitrogens with one attached hydrogen (secondary N) is 1. The molecule has 7 heteroatoms. The highest BCUT2D eigenvalue weighted by Crippen LogP contribution is 2.26. The number of carbonyl (C=O) groups is 3. The second kappa shape index (κ2) is 10.1. The number of fused-ring (bicyclic) bond motifs is 1. The van der Waals surface area contributed by atoms with E-state index in [-0.39, 0.29) is 30.3 Å². The van der Waals surface area contributed by atoms with Crippen molar-refractivity contribution < 1.29 is 19.5 Å². The molecule has 1 heterocycles. The first-order valence-corrected chi connectivity index (χ1v) is 11.9. The number of hydrogen-bond donors (Lipinski definition) is 2. The second-order valence-corrected chi connectivity index (χ2v) is 9.01. The summed E-state index contributed by atoms with van der Waals surface area (Å²) in [5, 5.41) is 13.2. The minimum Gasteiger partial charge on any atom is -0.481 e. The molecule has 0 bridgehead atoms. The van der Waals surface area contributed by atoms with Crippen LogP contribution in [0.25, 0.3) is 10.9 Å². The maximum absolute atomic E-state index is 13.4. The monoisotopic (exact) mass is 461 g/mol. The highest BCUT2D eigenvalue weighted by atomic mass is 16.4. The quantitative estimate of drug-likeness (QED) is 0.546. The van der Waals surface area contributed by atoms with Crippen LogP contribution in [0.2, 0.25) is 0 Å². The van der Waals surface area contributed by atoms with Crippen LogP contribution in [-0.2, 0) is 16.1 Å². The van der Waals surface area contributed by atoms with Gasteiger partial charge in [0.2, 0.25) is 5.91 Å². The van der Waals surface area contributed by atoms with Gasteiger partial charge in [0.1, 0.15) is 12.2 Å². The molecule has 1 aliphatic carbocycles. The number of para-hydroxylation sites is 1. The first-order chi connectivity index (χ1) is 16.4. The Morgan fingerprint density at radius 1 is 1.03 bits per heavy atom. The fourth-order valence-electron chi connectivity index (χ4n) is 4.83. The Labute approximate surface area is 199 Å². The smallest absolute Gasteiger partial charge is 0.306 e. The normalized spacial score (nSPS) is 17.9. The fraction of sp³-hybridized carbons (Fsp3) is 0.370. The average molecular weight is 462 g/mol. The Bertz CT molecular complexity index is 1210. The Morgan fingerprint density at radius 2 is 1.76 bits per heavy atom. The molecule has 1 aliphatic rings. The zero-order valence-electron chi connectivity index (χ0n) is 19.7. The molecule has 1 saturated carbocycles. The molecular weight excluding hydrogens is 430 g/mol. The number of aromatic nitrogens is 1. The number of carboxylic acid groups (broad SMARTS) is 1. The molecule has 0 saturated heterocycles. The van der Waals surface area contributed by atoms with Crippen LogP contribution in [0.15, 0.2) is 54.6 Å². The van der Waals surface area contributed by atoms with Gasteiger partial charge >= 0.3 is 5.97 Å². The molecule has 0 aliphatic heterocycles. The molecule has 1 fully saturated rings. The summed E-state index contributed by atoms with van der Waals surface area (Å²) in [5.41, 5.74) is 3.18. The van der Waals surface area contributed by atoms with E-state index in [0.29, 0.717) is 37.9 Å². The number of amides is 2. The molecule has 0 radical (unpaired) electrons. The van der Waals surface area contributed by atoms with Crippen LogP contribution in [0.5, 0.6) is 0 Å². The van der Waals surface area contributed by atoms with E-state index in [1.54, 1.807) is 9.47 Å². The molecule has 7 nitrogen and oxygen atoms in total. The Morgan fingerprint density at radius 3 is 2.44 bits per heavy atom. The number of rotatable bonds is 7. The molecular formula is C27H31N3O4. The summed E-state index contributed by atoms with van der Waals surface area (Å²) in [5.74, 6) is -1.43. The summed E-state index contributed by atoms with van der Waals surface area (Å²) < 4.78 is 1.79. The lowest BCUT2D eigenvalue weighted by Gasteiger charge is -2.27. The van der Waals surface area contributed by atoms with Gasteiger partial charge in [0.25, 0.3) is 5.91 Å². The van der Waals surface area contributed by atoms with Gasteiger partial charge in [-0.15, -0.1) is 0 Å². The highest BCUT2D eigenvalue weighted by molar-refractivity contribution is 6.01. The zero-order chi connectivity index (χ0) is 24.2. The summed E-state index contributed by atoms with van der Waals surface area (Å²) in [7, 11) is 0. The standard InChI is InChI=1S/C27H31N3O4/c1-3-29(22-9-6-7-18(2)15-22)25(31)17-30-23-10-5-4-8-20(23)16-24(30)26(32)28-21-13-11-19(12-14-21)27(33)34/h4-10,15-16,19,21H,3,11-14,17H2,1-2H3,(H,28,32)(H,33,34). The summed E-state index contributed by atoms with van der Waals surface area (Å²) in [6.07, 6.45) is 2.39. The second-order valence-electron chi connectivity index (χ2n) is 9.01. The third-order valence-electron chi connectivity index (χ3n) is 6.68. The third-order valence-corrected chi connectivity index (χ3v) is 6.68. The Kier molecular flexibility index (Phi) is 7.01. The molecule has 0 spiro atoms. The van der Waals surface area contributed by atoms with Crippen molar-refractivity contribution in [2.75, 3.05) is 11.4 Å². The van der Waals surface area contributed by atoms with Crippen LogP contribution in [0.3, 0.4) is 0 Å². The number of carbonyl (C=O) groups excluding carboxylic acids is 2. The first kappa shape index (κ1) is 23.5. The average Bonchev–Trinajstić information content (AvgIpc) is 3.18. The fourth-order valence-corrected chi connectivity index (χ4v) is 4.83. The largest absolute Gasteiger partial charge is 0.481 e. The van der Waals surface area contributed by atoms with Crippen LogP contribution in [0, 0.1) is 12.8 Å². The van der Waals surface area contributed by atoms with Crippen molar-refractivity contribution in [3.63, 3.8) is 0 Å². The number of aryl methyl sites for hydroxylation is 1. The van der Waals surface area contributed by atoms with E-state index in [2.05, 4.69) is 5.32 Å². The van der Waals surface area contributed by atoms with E-state index in [1.165, 1.54) is 0 Å². The zero-order valence-corrected chi connectivity index (χ0v) is 19.7. The lowest BCUT2D eigenvalue weighted by Crippen LogP contribution is -2.40. The lowest BCUT2D eigenvalue weighted by atomic mass is 9.86. The topological polar surface area (TPSA) is 91.6 Å². The van der Waals surface area contributed by atoms with E-state index in [9.17, 15) is 19.5 Å². The van der Waals surface area contributed by atoms with Crippen LogP contribution in [0.1, 0.15) is 48.7 Å². The van der Waals surface area contributed by atoms with Crippen molar-refractivity contribution in [2.45, 2.75) is 52.1 Å². The van der Waals surface area contributed by atoms with Crippen molar-refractivity contribution in [2.24, 2.45) is 5.92 Å². The van der Waals surface area contributed by atoms with Gasteiger partial charge in [-0.2, -0.15) is 0 Å². The molecule has 0 unspecified atom stereocenters. The molecule has 0 atom stereocenters. The van der Waals surface area contributed by atoms with E-state index < -0.39 is 5.97 Å². The van der Waals surface area contributed by atoms with Crippen LogP contribution in [-0.4, -0.2) is 40.0 Å². The number of benzene rings is 2. The molecule has 2 N–H and O–H groups in total. The van der Waals surface area contributed by atoms with Crippen molar-refractivity contribution in [3.8, 4) is 0 Å². The Balaban J connectivity index is 1.57. The van der Waals surface area contributed by atoms with Gasteiger partial charge in [0.15, 0.2) is 0 Å². The predicted molar refractivity (Wildman–Crippen MR) is 132 cm³/mol. The predicted octanol–water partition coefficient (Wildman–Crippen LogP) is 4.38. The van der Waals surface area contributed by atoms with E-state index in [0.717, 1.165) is 22.2 Å². The van der Waals surface area contributed by atoms with E-state index in [1.807, 2.05) is 68.4 Å². The van der Waals surface area contributed by atoms with Gasteiger partial charge in [-0.05, 0) is 69.4 Å². The van der Waals surface area contributed by atoms with Gasteiger partial charge in [0.05, 0.1) is 5.92 Å². The molecule has 4 rings (SSSR count). The lowest BCUT2D eigenvalue weighted by molar-refractivity contribution is -0.142. The molecule has 34 heavy (non-hydrogen) atoms. The highest BCUT2D eigenvalue weighted by Gasteiger charge is 2.28. The van der Waals surface area contributed by atoms with Crippen LogP contribution >= 0.6 is 0 Å². The Hall–Kier alpha value is -3.61. The SMILES string of the molecule is CCN(C(=O)Cn1c(C(=O)NC2CCC(C(=O)O)CC2)cc2ccccc21)c1cccc(C)c1. The summed E-state index contributed by atoms with van der Waals surface area (Å²) in [4.78, 5) is 39.6. The molecule has 178 valence electrons. The number of likely N-dealkylation sites (N-methyl/N-ethyl adjacent to an activating group) is 1. The van der Waals surface area contributed by atoms with Crippen LogP contribution in [0.4, 0.5) is 5.69 Å². The summed E-state index contributed by atoms with van der Waals surface area (Å²) >= 11 is 0. The molecule has 1 aromatic heterocycles. The van der Waals surface area contributed by atoms with Gasteiger partial charge in [-0.25, -0.2) is 0 Å². The maximum atomic E-state index is 13.4. The summed E-state index contributed by atoms with van der Waals surface area (Å²) in [6.45, 7) is 4.50. The number of carboxylic acids is 1. The summed E-state index contributed by atoms with van der Waals surface area (Å²) in [6, 6.07) is 17.2. The van der Waals surface area contributed by atoms with Crippen molar-refractivity contribution in [3.05, 3.63) is 65.9 Å². The molecule has 2 aromatic carbocycles. The minimum atomic E-state index is -0.766. The van der Waals surface area contributed by atoms with Gasteiger partial charge < -0.3 is 19.9 Å². The number of anilines is 1. The van der Waals surface area contributed by atoms with Gasteiger partial charge in [-0.3, -0.25) is 14.4 Å². The number of hydrogen-bond acceptors (Lipinski definition) is 3. The van der Waals surface area contributed by atoms with E-state index >= 15 is 0 Å². The van der Waals surface area contributed by atoms with Crippen molar-refractivity contribution >= 4 is 34.4 Å². The third kappa shape index (κ3) is 4.98. The number of aliphatic carboxylic acids is 1. The van der Waals surface area contributed by atoms with E-state index in [4.69, 9.17) is 0 Å². The first-order valence-electron chi connectivity index (χ1n) is 11.9. The molecule has 2 amide bonds. The number of nitrogens with zero attached hydrogens (tertiary/aromatic N) is 2. The maximum Gasteiger partial charge on any atom is 0.306 e. The van der Waals surface area contributed by atoms with Crippen molar-refractivity contribution in [1.29, 1.82) is 0 Å².